The first-order valence-electron chi connectivity index (χ1n) is 10.9. The molecule has 0 spiro atoms. The molecule has 10 heteroatoms. The van der Waals surface area contributed by atoms with Crippen molar-refractivity contribution >= 4 is 44.8 Å². The molecular weight excluding hydrogens is 523 g/mol. The molecule has 1 N–H and O–H groups in total. The summed E-state index contributed by atoms with van der Waals surface area (Å²) < 4.78 is 34.5. The standard InChI is InChI=1S/C26H24Cl2N2O5S/c1-4-15-35-18-10-12-19(13-11-18)36(33,34)30-23-14-9-17(27)16-21(23)26(32,24(30)25(31)29(2)3)20-7-5-6-8-22(20)28/h4-14,16,24,32H,1,15H2,2-3H3. The van der Waals surface area contributed by atoms with E-state index in [4.69, 9.17) is 27.9 Å². The van der Waals surface area contributed by atoms with Crippen molar-refractivity contribution < 1.29 is 23.1 Å². The zero-order chi connectivity index (χ0) is 26.3. The molecule has 7 nitrogen and oxygen atoms in total. The highest BCUT2D eigenvalue weighted by Gasteiger charge is 2.59. The summed E-state index contributed by atoms with van der Waals surface area (Å²) in [6.45, 7) is 3.85. The van der Waals surface area contributed by atoms with Gasteiger partial charge in [-0.05, 0) is 48.5 Å². The Labute approximate surface area is 220 Å². The Bertz CT molecular complexity index is 1430. The molecule has 0 aromatic heterocycles. The fraction of sp³-hybridized carbons (Fsp3) is 0.192. The molecule has 2 atom stereocenters. The number of ether oxygens (including phenoxy) is 1. The van der Waals surface area contributed by atoms with E-state index in [-0.39, 0.29) is 38.4 Å². The lowest BCUT2D eigenvalue weighted by Crippen LogP contribution is -2.56. The van der Waals surface area contributed by atoms with E-state index in [2.05, 4.69) is 6.58 Å². The van der Waals surface area contributed by atoms with Gasteiger partial charge in [-0.1, -0.05) is 54.1 Å². The Balaban J connectivity index is 1.97. The van der Waals surface area contributed by atoms with Crippen LogP contribution in [0.25, 0.3) is 0 Å². The van der Waals surface area contributed by atoms with Crippen molar-refractivity contribution in [2.24, 2.45) is 0 Å². The van der Waals surface area contributed by atoms with E-state index in [1.54, 1.807) is 30.3 Å². The summed E-state index contributed by atoms with van der Waals surface area (Å²) in [5.41, 5.74) is -1.67. The number of carbonyl (C=O) groups is 1. The van der Waals surface area contributed by atoms with Crippen LogP contribution in [0.5, 0.6) is 5.75 Å². The Kier molecular flexibility index (Phi) is 7.07. The number of nitrogens with zero attached hydrogens (tertiary/aromatic N) is 2. The lowest BCUT2D eigenvalue weighted by atomic mass is 9.82. The van der Waals surface area contributed by atoms with Crippen LogP contribution >= 0.6 is 23.2 Å². The van der Waals surface area contributed by atoms with Gasteiger partial charge >= 0.3 is 0 Å². The third-order valence-corrected chi connectivity index (χ3v) is 8.30. The molecule has 1 amide bonds. The van der Waals surface area contributed by atoms with Gasteiger partial charge in [-0.3, -0.25) is 4.79 Å². The molecule has 36 heavy (non-hydrogen) atoms. The number of likely N-dealkylation sites (N-methyl/N-ethyl adjacent to an activating group) is 1. The second kappa shape index (κ2) is 9.78. The van der Waals surface area contributed by atoms with E-state index in [0.717, 1.165) is 4.31 Å². The number of halogens is 2. The van der Waals surface area contributed by atoms with Gasteiger partial charge in [0.15, 0.2) is 6.04 Å². The summed E-state index contributed by atoms with van der Waals surface area (Å²) in [7, 11) is -1.38. The molecule has 0 saturated heterocycles. The summed E-state index contributed by atoms with van der Waals surface area (Å²) in [5, 5.41) is 12.7. The largest absolute Gasteiger partial charge is 0.490 e. The summed E-state index contributed by atoms with van der Waals surface area (Å²) >= 11 is 12.8. The van der Waals surface area contributed by atoms with Crippen molar-refractivity contribution in [3.8, 4) is 5.75 Å². The highest BCUT2D eigenvalue weighted by Crippen LogP contribution is 2.52. The van der Waals surface area contributed by atoms with E-state index in [9.17, 15) is 18.3 Å². The first-order chi connectivity index (χ1) is 17.0. The third kappa shape index (κ3) is 4.24. The van der Waals surface area contributed by atoms with E-state index in [1.165, 1.54) is 61.5 Å². The van der Waals surface area contributed by atoms with Gasteiger partial charge in [0.2, 0.25) is 5.91 Å². The van der Waals surface area contributed by atoms with Crippen LogP contribution in [-0.4, -0.2) is 51.1 Å². The Hall–Kier alpha value is -3.04. The number of hydrogen-bond donors (Lipinski definition) is 1. The van der Waals surface area contributed by atoms with Crippen molar-refractivity contribution in [1.29, 1.82) is 0 Å². The number of fused-ring (bicyclic) bond motifs is 1. The van der Waals surface area contributed by atoms with E-state index >= 15 is 0 Å². The summed E-state index contributed by atoms with van der Waals surface area (Å²) in [5.74, 6) is -0.185. The SMILES string of the molecule is C=CCOc1ccc(S(=O)(=O)N2c3ccc(Cl)cc3C(O)(c3ccccc3Cl)C2C(=O)N(C)C)cc1. The molecule has 1 aliphatic heterocycles. The second-order valence-electron chi connectivity index (χ2n) is 8.41. The van der Waals surface area contributed by atoms with E-state index in [1.807, 2.05) is 0 Å². The topological polar surface area (TPSA) is 87.1 Å². The molecular formula is C26H24Cl2N2O5S. The molecule has 0 aliphatic carbocycles. The first kappa shape index (κ1) is 26.0. The average Bonchev–Trinajstić information content (AvgIpc) is 3.12. The minimum absolute atomic E-state index is 0.0886. The number of aliphatic hydroxyl groups is 1. The number of amides is 1. The third-order valence-electron chi connectivity index (χ3n) is 5.94. The van der Waals surface area contributed by atoms with Crippen LogP contribution in [0.1, 0.15) is 11.1 Å². The zero-order valence-electron chi connectivity index (χ0n) is 19.6. The van der Waals surface area contributed by atoms with E-state index < -0.39 is 27.6 Å². The quantitative estimate of drug-likeness (QED) is 0.442. The van der Waals surface area contributed by atoms with Crippen LogP contribution < -0.4 is 9.04 Å². The highest BCUT2D eigenvalue weighted by molar-refractivity contribution is 7.93. The van der Waals surface area contributed by atoms with Crippen molar-refractivity contribution in [2.45, 2.75) is 16.5 Å². The van der Waals surface area contributed by atoms with E-state index in [0.29, 0.717) is 5.75 Å². The highest BCUT2D eigenvalue weighted by atomic mass is 35.5. The molecule has 0 fully saturated rings. The monoisotopic (exact) mass is 546 g/mol. The van der Waals surface area contributed by atoms with Crippen LogP contribution in [0.4, 0.5) is 5.69 Å². The maximum atomic E-state index is 14.1. The number of carbonyl (C=O) groups excluding carboxylic acids is 1. The normalized spacial score (nSPS) is 19.0. The molecule has 4 rings (SSSR count). The fourth-order valence-electron chi connectivity index (χ4n) is 4.29. The Morgan fingerprint density at radius 3 is 2.39 bits per heavy atom. The smallest absolute Gasteiger partial charge is 0.265 e. The lowest BCUT2D eigenvalue weighted by Gasteiger charge is -2.36. The number of rotatable bonds is 7. The molecule has 3 aromatic rings. The van der Waals surface area contributed by atoms with Crippen molar-refractivity contribution in [1.82, 2.24) is 4.90 Å². The predicted molar refractivity (Wildman–Crippen MR) is 140 cm³/mol. The average molecular weight is 547 g/mol. The van der Waals surface area contributed by atoms with Gasteiger partial charge in [-0.2, -0.15) is 0 Å². The van der Waals surface area contributed by atoms with Gasteiger partial charge in [0.05, 0.1) is 10.6 Å². The van der Waals surface area contributed by atoms with Gasteiger partial charge in [0, 0.05) is 35.3 Å². The summed E-state index contributed by atoms with van der Waals surface area (Å²) in [6.07, 6.45) is 1.57. The number of anilines is 1. The summed E-state index contributed by atoms with van der Waals surface area (Å²) in [6, 6.07) is 15.1. The van der Waals surface area contributed by atoms with Gasteiger partial charge < -0.3 is 14.7 Å². The number of hydrogen-bond acceptors (Lipinski definition) is 5. The van der Waals surface area contributed by atoms with Crippen LogP contribution in [0.3, 0.4) is 0 Å². The predicted octanol–water partition coefficient (Wildman–Crippen LogP) is 4.46. The molecule has 3 aromatic carbocycles. The molecule has 0 bridgehead atoms. The fourth-order valence-corrected chi connectivity index (χ4v) is 6.39. The van der Waals surface area contributed by atoms with Gasteiger partial charge in [-0.15, -0.1) is 0 Å². The summed E-state index contributed by atoms with van der Waals surface area (Å²) in [4.78, 5) is 14.8. The number of sulfonamides is 1. The zero-order valence-corrected chi connectivity index (χ0v) is 21.9. The van der Waals surface area contributed by atoms with Crippen LogP contribution in [0.15, 0.2) is 84.3 Å². The Morgan fingerprint density at radius 2 is 1.78 bits per heavy atom. The van der Waals surface area contributed by atoms with Crippen LogP contribution in [-0.2, 0) is 20.4 Å². The Morgan fingerprint density at radius 1 is 1.11 bits per heavy atom. The maximum absolute atomic E-state index is 14.1. The van der Waals surface area contributed by atoms with Gasteiger partial charge in [-0.25, -0.2) is 12.7 Å². The van der Waals surface area contributed by atoms with Crippen molar-refractivity contribution in [2.75, 3.05) is 25.0 Å². The molecule has 2 unspecified atom stereocenters. The van der Waals surface area contributed by atoms with Gasteiger partial charge in [0.1, 0.15) is 18.0 Å². The molecule has 188 valence electrons. The minimum Gasteiger partial charge on any atom is -0.490 e. The first-order valence-corrected chi connectivity index (χ1v) is 13.1. The maximum Gasteiger partial charge on any atom is 0.265 e. The second-order valence-corrected chi connectivity index (χ2v) is 11.1. The van der Waals surface area contributed by atoms with Crippen molar-refractivity contribution in [3.63, 3.8) is 0 Å². The van der Waals surface area contributed by atoms with Crippen LogP contribution in [0, 0.1) is 0 Å². The minimum atomic E-state index is -4.36. The van der Waals surface area contributed by atoms with Gasteiger partial charge in [0.25, 0.3) is 10.0 Å². The lowest BCUT2D eigenvalue weighted by molar-refractivity contribution is -0.134. The van der Waals surface area contributed by atoms with Crippen LogP contribution in [0.2, 0.25) is 10.0 Å². The van der Waals surface area contributed by atoms with Crippen molar-refractivity contribution in [3.05, 3.63) is 101 Å². The number of benzene rings is 3. The molecule has 1 heterocycles. The molecule has 0 radical (unpaired) electrons. The molecule has 0 saturated carbocycles. The molecule has 1 aliphatic rings.